The SMILES string of the molecule is C=CC(=O)N[C@@H](C(=O)N1C[C@H](Oc2nccc3cc(OC)ccc23)C[C@H]1C(=O)NC1(C(=O)NS(=O)(=O)C2CC2)CC(=C)C1)C(C)C. The van der Waals surface area contributed by atoms with Crippen molar-refractivity contribution in [2.24, 2.45) is 5.92 Å². The number of amides is 4. The van der Waals surface area contributed by atoms with Crippen molar-refractivity contribution in [1.82, 2.24) is 25.2 Å². The van der Waals surface area contributed by atoms with Gasteiger partial charge in [0.05, 0.1) is 18.9 Å². The molecule has 3 aliphatic rings. The fourth-order valence-corrected chi connectivity index (χ4v) is 7.28. The van der Waals surface area contributed by atoms with Gasteiger partial charge in [-0.2, -0.15) is 0 Å². The van der Waals surface area contributed by atoms with Crippen LogP contribution in [0.15, 0.2) is 55.3 Å². The maximum atomic E-state index is 14.0. The number of methoxy groups -OCH3 is 1. The molecule has 1 aromatic carbocycles. The summed E-state index contributed by atoms with van der Waals surface area (Å²) in [6.45, 7) is 10.8. The lowest BCUT2D eigenvalue weighted by Crippen LogP contribution is -2.66. The van der Waals surface area contributed by atoms with Crippen molar-refractivity contribution in [3.8, 4) is 11.6 Å². The number of fused-ring (bicyclic) bond motifs is 1. The predicted octanol–water partition coefficient (Wildman–Crippen LogP) is 1.73. The van der Waals surface area contributed by atoms with Crippen LogP contribution in [0.4, 0.5) is 0 Å². The molecule has 246 valence electrons. The summed E-state index contributed by atoms with van der Waals surface area (Å²) in [6, 6.07) is 5.13. The molecule has 2 aromatic rings. The number of hydrogen-bond acceptors (Lipinski definition) is 9. The van der Waals surface area contributed by atoms with Gasteiger partial charge in [0.2, 0.25) is 33.6 Å². The van der Waals surface area contributed by atoms with Crippen molar-refractivity contribution in [2.75, 3.05) is 13.7 Å². The largest absolute Gasteiger partial charge is 0.497 e. The zero-order chi connectivity index (χ0) is 33.4. The second-order valence-corrected chi connectivity index (χ2v) is 14.4. The Morgan fingerprint density at radius 1 is 1.15 bits per heavy atom. The van der Waals surface area contributed by atoms with Gasteiger partial charge in [0, 0.05) is 30.8 Å². The van der Waals surface area contributed by atoms with Gasteiger partial charge in [-0.15, -0.1) is 0 Å². The Balaban J connectivity index is 1.42. The third kappa shape index (κ3) is 6.71. The average Bonchev–Trinajstić information content (AvgIpc) is 3.79. The van der Waals surface area contributed by atoms with E-state index in [9.17, 15) is 27.6 Å². The zero-order valence-corrected chi connectivity index (χ0v) is 26.9. The number of sulfonamides is 1. The molecule has 5 rings (SSSR count). The van der Waals surface area contributed by atoms with E-state index in [1.165, 1.54) is 4.90 Å². The van der Waals surface area contributed by atoms with Crippen LogP contribution in [0.5, 0.6) is 11.6 Å². The van der Waals surface area contributed by atoms with Gasteiger partial charge in [0.25, 0.3) is 5.91 Å². The third-order valence-electron chi connectivity index (χ3n) is 8.58. The Morgan fingerprint density at radius 2 is 1.87 bits per heavy atom. The van der Waals surface area contributed by atoms with E-state index in [1.807, 2.05) is 6.07 Å². The summed E-state index contributed by atoms with van der Waals surface area (Å²) in [5.41, 5.74) is -0.861. The van der Waals surface area contributed by atoms with E-state index in [0.29, 0.717) is 35.4 Å². The van der Waals surface area contributed by atoms with E-state index < -0.39 is 62.6 Å². The number of likely N-dealkylation sites (tertiary alicyclic amines) is 1. The molecule has 4 amide bonds. The molecule has 3 N–H and O–H groups in total. The molecule has 2 aliphatic carbocycles. The van der Waals surface area contributed by atoms with Crippen molar-refractivity contribution in [1.29, 1.82) is 0 Å². The molecule has 3 fully saturated rings. The smallest absolute Gasteiger partial charge is 0.259 e. The van der Waals surface area contributed by atoms with Gasteiger partial charge in [-0.25, -0.2) is 13.4 Å². The summed E-state index contributed by atoms with van der Waals surface area (Å²) in [7, 11) is -2.31. The monoisotopic (exact) mass is 653 g/mol. The normalized spacial score (nSPS) is 21.2. The van der Waals surface area contributed by atoms with Gasteiger partial charge in [-0.3, -0.25) is 23.9 Å². The molecule has 13 nitrogen and oxygen atoms in total. The van der Waals surface area contributed by atoms with E-state index >= 15 is 0 Å². The maximum Gasteiger partial charge on any atom is 0.259 e. The minimum atomic E-state index is -3.87. The fraction of sp³-hybridized carbons (Fsp3) is 0.469. The van der Waals surface area contributed by atoms with E-state index in [1.54, 1.807) is 45.4 Å². The van der Waals surface area contributed by atoms with Crippen LogP contribution in [0.25, 0.3) is 10.8 Å². The van der Waals surface area contributed by atoms with Crippen molar-refractivity contribution in [3.05, 3.63) is 55.3 Å². The first-order valence-corrected chi connectivity index (χ1v) is 16.7. The summed E-state index contributed by atoms with van der Waals surface area (Å²) < 4.78 is 38.9. The Labute approximate surface area is 267 Å². The molecule has 0 radical (unpaired) electrons. The molecule has 3 atom stereocenters. The van der Waals surface area contributed by atoms with Crippen LogP contribution in [0, 0.1) is 5.92 Å². The molecule has 0 unspecified atom stereocenters. The van der Waals surface area contributed by atoms with Crippen molar-refractivity contribution in [3.63, 3.8) is 0 Å². The molecule has 2 heterocycles. The van der Waals surface area contributed by atoms with Gasteiger partial charge in [-0.05, 0) is 54.5 Å². The number of pyridine rings is 1. The first kappa shape index (κ1) is 32.9. The number of rotatable bonds is 12. The molecule has 1 aromatic heterocycles. The van der Waals surface area contributed by atoms with E-state index in [-0.39, 0.29) is 31.7 Å². The minimum Gasteiger partial charge on any atom is -0.497 e. The first-order chi connectivity index (χ1) is 21.8. The number of nitrogens with one attached hydrogen (secondary N) is 3. The van der Waals surface area contributed by atoms with Gasteiger partial charge in [-0.1, -0.05) is 32.6 Å². The van der Waals surface area contributed by atoms with Crippen molar-refractivity contribution < 1.29 is 37.1 Å². The highest BCUT2D eigenvalue weighted by Crippen LogP contribution is 2.38. The molecular weight excluding hydrogens is 614 g/mol. The summed E-state index contributed by atoms with van der Waals surface area (Å²) >= 11 is 0. The second kappa shape index (κ2) is 12.7. The Bertz CT molecular complexity index is 1700. The molecule has 14 heteroatoms. The van der Waals surface area contributed by atoms with Crippen LogP contribution < -0.4 is 24.8 Å². The summed E-state index contributed by atoms with van der Waals surface area (Å²) in [5, 5.41) is 6.30. The van der Waals surface area contributed by atoms with Gasteiger partial charge >= 0.3 is 0 Å². The first-order valence-electron chi connectivity index (χ1n) is 15.1. The predicted molar refractivity (Wildman–Crippen MR) is 169 cm³/mol. The number of carbonyl (C=O) groups is 4. The molecular formula is C32H39N5O8S. The highest BCUT2D eigenvalue weighted by molar-refractivity contribution is 7.91. The van der Waals surface area contributed by atoms with Gasteiger partial charge in [0.1, 0.15) is 29.5 Å². The highest BCUT2D eigenvalue weighted by atomic mass is 32.2. The lowest BCUT2D eigenvalue weighted by Gasteiger charge is -2.43. The van der Waals surface area contributed by atoms with Crippen LogP contribution in [-0.4, -0.2) is 84.6 Å². The summed E-state index contributed by atoms with van der Waals surface area (Å²) in [5.74, 6) is -1.93. The quantitative estimate of drug-likeness (QED) is 0.228. The topological polar surface area (TPSA) is 173 Å². The van der Waals surface area contributed by atoms with Crippen LogP contribution >= 0.6 is 0 Å². The average molecular weight is 654 g/mol. The molecule has 1 aliphatic heterocycles. The van der Waals surface area contributed by atoms with Crippen LogP contribution in [0.3, 0.4) is 0 Å². The Hall–Kier alpha value is -4.46. The Morgan fingerprint density at radius 3 is 2.48 bits per heavy atom. The zero-order valence-electron chi connectivity index (χ0n) is 26.1. The van der Waals surface area contributed by atoms with E-state index in [0.717, 1.165) is 11.5 Å². The van der Waals surface area contributed by atoms with Crippen LogP contribution in [0.1, 0.15) is 46.0 Å². The number of aromatic nitrogens is 1. The lowest BCUT2D eigenvalue weighted by molar-refractivity contribution is -0.144. The second-order valence-electron chi connectivity index (χ2n) is 12.5. The van der Waals surface area contributed by atoms with E-state index in [2.05, 4.69) is 33.5 Å². The molecule has 2 saturated carbocycles. The van der Waals surface area contributed by atoms with Crippen molar-refractivity contribution in [2.45, 2.75) is 74.9 Å². The third-order valence-corrected chi connectivity index (χ3v) is 10.4. The number of hydrogen-bond donors (Lipinski definition) is 3. The summed E-state index contributed by atoms with van der Waals surface area (Å²) in [6.07, 6.45) is 3.05. The standard InChI is InChI=1S/C32H39N5O8S/c1-6-26(38)34-27(18(2)3)30(40)37-17-22(45-29-24-10-7-21(44-5)13-20(24)11-12-33-29)14-25(37)28(39)35-32(15-19(4)16-32)31(41)36-46(42,43)23-8-9-23/h6-7,10-13,18,22-23,25,27H,1,4,8-9,14-17H2,2-3,5H3,(H,34,38)(H,35,39)(H,36,41)/t22-,25+,27-/m1/s1. The number of ether oxygens (including phenoxy) is 2. The Kier molecular flexibility index (Phi) is 9.12. The molecule has 46 heavy (non-hydrogen) atoms. The van der Waals surface area contributed by atoms with Gasteiger partial charge in [0.15, 0.2) is 0 Å². The van der Waals surface area contributed by atoms with Gasteiger partial charge < -0.3 is 25.0 Å². The molecule has 0 bridgehead atoms. The van der Waals surface area contributed by atoms with Crippen LogP contribution in [-0.2, 0) is 29.2 Å². The molecule has 1 saturated heterocycles. The maximum absolute atomic E-state index is 14.0. The highest BCUT2D eigenvalue weighted by Gasteiger charge is 2.53. The molecule has 0 spiro atoms. The van der Waals surface area contributed by atoms with Crippen molar-refractivity contribution >= 4 is 44.4 Å². The number of benzene rings is 1. The fourth-order valence-electron chi connectivity index (χ4n) is 5.90. The van der Waals surface area contributed by atoms with E-state index in [4.69, 9.17) is 9.47 Å². The van der Waals surface area contributed by atoms with Crippen LogP contribution in [0.2, 0.25) is 0 Å². The lowest BCUT2D eigenvalue weighted by atomic mass is 9.72. The minimum absolute atomic E-state index is 0.0136. The summed E-state index contributed by atoms with van der Waals surface area (Å²) in [4.78, 5) is 59.2. The number of carbonyl (C=O) groups excluding carboxylic acids is 4. The number of nitrogens with zero attached hydrogens (tertiary/aromatic N) is 2.